The number of ether oxygens (including phenoxy) is 2. The molecule has 0 radical (unpaired) electrons. The Balaban J connectivity index is 1.28. The number of likely N-dealkylation sites (tertiary alicyclic amines) is 1. The van der Waals surface area contributed by atoms with Crippen LogP contribution in [-0.4, -0.2) is 35.7 Å². The van der Waals surface area contributed by atoms with Gasteiger partial charge in [-0.15, -0.1) is 0 Å². The van der Waals surface area contributed by atoms with Gasteiger partial charge in [0.2, 0.25) is 6.79 Å². The first kappa shape index (κ1) is 16.2. The van der Waals surface area contributed by atoms with Crippen LogP contribution in [0.25, 0.3) is 10.9 Å². The van der Waals surface area contributed by atoms with Gasteiger partial charge in [-0.2, -0.15) is 0 Å². The molecule has 3 aromatic rings. The molecule has 1 amide bonds. The van der Waals surface area contributed by atoms with Crippen molar-refractivity contribution < 1.29 is 18.7 Å². The van der Waals surface area contributed by atoms with Crippen LogP contribution in [0, 0.1) is 5.82 Å². The molecule has 2 aromatic carbocycles. The minimum absolute atomic E-state index is 0.0190. The number of nitrogens with zero attached hydrogens (tertiary/aromatic N) is 1. The van der Waals surface area contributed by atoms with Crippen molar-refractivity contribution in [3.05, 3.63) is 59.5 Å². The molecule has 3 heterocycles. The Morgan fingerprint density at radius 1 is 1.04 bits per heavy atom. The van der Waals surface area contributed by atoms with Gasteiger partial charge in [0.25, 0.3) is 5.91 Å². The summed E-state index contributed by atoms with van der Waals surface area (Å²) in [7, 11) is 0. The van der Waals surface area contributed by atoms with Gasteiger partial charge in [-0.25, -0.2) is 4.39 Å². The van der Waals surface area contributed by atoms with Gasteiger partial charge >= 0.3 is 0 Å². The first-order valence-corrected chi connectivity index (χ1v) is 9.14. The molecule has 1 aromatic heterocycles. The van der Waals surface area contributed by atoms with Gasteiger partial charge in [-0.05, 0) is 55.3 Å². The van der Waals surface area contributed by atoms with Crippen molar-refractivity contribution in [1.29, 1.82) is 0 Å². The van der Waals surface area contributed by atoms with Crippen molar-refractivity contribution in [3.8, 4) is 11.5 Å². The van der Waals surface area contributed by atoms with E-state index in [0.717, 1.165) is 29.4 Å². The maximum Gasteiger partial charge on any atom is 0.253 e. The predicted molar refractivity (Wildman–Crippen MR) is 98.7 cm³/mol. The number of carbonyl (C=O) groups excluding carboxylic acids is 1. The van der Waals surface area contributed by atoms with E-state index in [9.17, 15) is 9.18 Å². The number of piperidine rings is 1. The van der Waals surface area contributed by atoms with Gasteiger partial charge in [-0.3, -0.25) is 4.79 Å². The molecule has 0 saturated carbocycles. The second-order valence-electron chi connectivity index (χ2n) is 7.09. The highest BCUT2D eigenvalue weighted by molar-refractivity contribution is 5.95. The zero-order valence-corrected chi connectivity index (χ0v) is 14.7. The number of aromatic amines is 1. The third-order valence-electron chi connectivity index (χ3n) is 5.45. The van der Waals surface area contributed by atoms with E-state index in [1.54, 1.807) is 30.3 Å². The minimum atomic E-state index is -0.225. The van der Waals surface area contributed by atoms with Crippen molar-refractivity contribution in [2.24, 2.45) is 0 Å². The molecular weight excluding hydrogens is 347 g/mol. The Morgan fingerprint density at radius 3 is 2.70 bits per heavy atom. The topological polar surface area (TPSA) is 54.6 Å². The highest BCUT2D eigenvalue weighted by Crippen LogP contribution is 2.34. The molecule has 1 fully saturated rings. The van der Waals surface area contributed by atoms with E-state index in [1.165, 1.54) is 6.07 Å². The maximum atomic E-state index is 13.4. The van der Waals surface area contributed by atoms with Crippen LogP contribution in [0.3, 0.4) is 0 Å². The van der Waals surface area contributed by atoms with E-state index in [2.05, 4.69) is 4.98 Å². The van der Waals surface area contributed by atoms with E-state index in [0.29, 0.717) is 36.1 Å². The molecule has 2 aliphatic rings. The van der Waals surface area contributed by atoms with Crippen molar-refractivity contribution in [1.82, 2.24) is 9.88 Å². The van der Waals surface area contributed by atoms with Crippen LogP contribution in [-0.2, 0) is 0 Å². The lowest BCUT2D eigenvalue weighted by molar-refractivity contribution is 0.0712. The smallest absolute Gasteiger partial charge is 0.253 e. The summed E-state index contributed by atoms with van der Waals surface area (Å²) < 4.78 is 24.1. The summed E-state index contributed by atoms with van der Waals surface area (Å²) in [6, 6.07) is 12.1. The Bertz CT molecular complexity index is 1020. The third-order valence-corrected chi connectivity index (χ3v) is 5.45. The minimum Gasteiger partial charge on any atom is -0.454 e. The fourth-order valence-electron chi connectivity index (χ4n) is 3.95. The quantitative estimate of drug-likeness (QED) is 0.744. The van der Waals surface area contributed by atoms with Crippen LogP contribution >= 0.6 is 0 Å². The lowest BCUT2D eigenvalue weighted by atomic mass is 9.93. The lowest BCUT2D eigenvalue weighted by Gasteiger charge is -2.31. The molecule has 0 atom stereocenters. The van der Waals surface area contributed by atoms with Gasteiger partial charge in [-0.1, -0.05) is 0 Å². The van der Waals surface area contributed by atoms with Crippen molar-refractivity contribution in [2.75, 3.05) is 19.9 Å². The fourth-order valence-corrected chi connectivity index (χ4v) is 3.95. The summed E-state index contributed by atoms with van der Waals surface area (Å²) in [5.74, 6) is 1.45. The number of fused-ring (bicyclic) bond motifs is 2. The number of H-pyrrole nitrogens is 1. The molecule has 6 heteroatoms. The average molecular weight is 366 g/mol. The molecule has 0 bridgehead atoms. The number of nitrogens with one attached hydrogen (secondary N) is 1. The molecule has 1 saturated heterocycles. The zero-order valence-electron chi connectivity index (χ0n) is 14.7. The Labute approximate surface area is 155 Å². The van der Waals surface area contributed by atoms with E-state index in [-0.39, 0.29) is 18.5 Å². The van der Waals surface area contributed by atoms with Crippen molar-refractivity contribution in [3.63, 3.8) is 0 Å². The summed E-state index contributed by atoms with van der Waals surface area (Å²) in [5.41, 5.74) is 2.69. The van der Waals surface area contributed by atoms with E-state index in [1.807, 2.05) is 11.0 Å². The van der Waals surface area contributed by atoms with Gasteiger partial charge in [0, 0.05) is 41.2 Å². The molecule has 138 valence electrons. The second-order valence-corrected chi connectivity index (χ2v) is 7.09. The number of halogens is 1. The third kappa shape index (κ3) is 2.91. The number of hydrogen-bond acceptors (Lipinski definition) is 3. The normalized spacial score (nSPS) is 16.9. The van der Waals surface area contributed by atoms with Gasteiger partial charge in [0.1, 0.15) is 5.82 Å². The van der Waals surface area contributed by atoms with E-state index >= 15 is 0 Å². The summed E-state index contributed by atoms with van der Waals surface area (Å²) >= 11 is 0. The van der Waals surface area contributed by atoms with E-state index in [4.69, 9.17) is 9.47 Å². The van der Waals surface area contributed by atoms with Crippen LogP contribution in [0.1, 0.15) is 34.8 Å². The number of benzene rings is 2. The first-order chi connectivity index (χ1) is 13.2. The number of hydrogen-bond donors (Lipinski definition) is 1. The largest absolute Gasteiger partial charge is 0.454 e. The van der Waals surface area contributed by atoms with Crippen molar-refractivity contribution >= 4 is 16.8 Å². The SMILES string of the molecule is O=C(c1ccc2c(c1)OCO2)N1CCC(c2cc3cc(F)ccc3[nH]2)CC1. The Kier molecular flexibility index (Phi) is 3.77. The summed E-state index contributed by atoms with van der Waals surface area (Å²) in [5, 5.41) is 0.892. The fraction of sp³-hybridized carbons (Fsp3) is 0.286. The number of amides is 1. The molecule has 2 aliphatic heterocycles. The number of rotatable bonds is 2. The standard InChI is InChI=1S/C21H19FN2O3/c22-16-2-3-17-15(9-16)10-18(23-17)13-5-7-24(8-6-13)21(25)14-1-4-19-20(11-14)27-12-26-19/h1-4,9-11,13,23H,5-8,12H2. The first-order valence-electron chi connectivity index (χ1n) is 9.14. The van der Waals surface area contributed by atoms with Crippen LogP contribution in [0.15, 0.2) is 42.5 Å². The summed E-state index contributed by atoms with van der Waals surface area (Å²) in [6.45, 7) is 1.59. The maximum absolute atomic E-state index is 13.4. The molecule has 5 rings (SSSR count). The Hall–Kier alpha value is -3.02. The lowest BCUT2D eigenvalue weighted by Crippen LogP contribution is -2.37. The highest BCUT2D eigenvalue weighted by Gasteiger charge is 2.26. The summed E-state index contributed by atoms with van der Waals surface area (Å²) in [6.07, 6.45) is 1.76. The molecule has 27 heavy (non-hydrogen) atoms. The summed E-state index contributed by atoms with van der Waals surface area (Å²) in [4.78, 5) is 18.1. The van der Waals surface area contributed by atoms with Crippen LogP contribution in [0.4, 0.5) is 4.39 Å². The highest BCUT2D eigenvalue weighted by atomic mass is 19.1. The number of aromatic nitrogens is 1. The number of carbonyl (C=O) groups is 1. The molecule has 1 N–H and O–H groups in total. The van der Waals surface area contributed by atoms with E-state index < -0.39 is 0 Å². The zero-order chi connectivity index (χ0) is 18.4. The molecular formula is C21H19FN2O3. The monoisotopic (exact) mass is 366 g/mol. The van der Waals surface area contributed by atoms with Gasteiger partial charge in [0.05, 0.1) is 0 Å². The van der Waals surface area contributed by atoms with Crippen LogP contribution in [0.2, 0.25) is 0 Å². The molecule has 0 aliphatic carbocycles. The van der Waals surface area contributed by atoms with Gasteiger partial charge in [0.15, 0.2) is 11.5 Å². The predicted octanol–water partition coefficient (Wildman–Crippen LogP) is 4.06. The van der Waals surface area contributed by atoms with Crippen LogP contribution in [0.5, 0.6) is 11.5 Å². The molecule has 0 spiro atoms. The molecule has 0 unspecified atom stereocenters. The Morgan fingerprint density at radius 2 is 1.85 bits per heavy atom. The molecule has 5 nitrogen and oxygen atoms in total. The second kappa shape index (κ2) is 6.30. The van der Waals surface area contributed by atoms with Crippen LogP contribution < -0.4 is 9.47 Å². The van der Waals surface area contributed by atoms with Gasteiger partial charge < -0.3 is 19.4 Å². The average Bonchev–Trinajstić information content (AvgIpc) is 3.33. The van der Waals surface area contributed by atoms with Crippen molar-refractivity contribution in [2.45, 2.75) is 18.8 Å².